The van der Waals surface area contributed by atoms with E-state index >= 15 is 0 Å². The summed E-state index contributed by atoms with van der Waals surface area (Å²) in [5.41, 5.74) is 4.35. The molecule has 5 nitrogen and oxygen atoms in total. The van der Waals surface area contributed by atoms with E-state index in [0.29, 0.717) is 37.6 Å². The lowest BCUT2D eigenvalue weighted by atomic mass is 10.1. The molecule has 0 N–H and O–H groups in total. The Morgan fingerprint density at radius 3 is 2.31 bits per heavy atom. The van der Waals surface area contributed by atoms with Gasteiger partial charge in [-0.05, 0) is 30.5 Å². The van der Waals surface area contributed by atoms with Crippen molar-refractivity contribution >= 4 is 5.91 Å². The van der Waals surface area contributed by atoms with Crippen molar-refractivity contribution < 1.29 is 9.32 Å². The Kier molecular flexibility index (Phi) is 7.08. The van der Waals surface area contributed by atoms with Crippen LogP contribution in [0.15, 0.2) is 89.5 Å². The van der Waals surface area contributed by atoms with Crippen molar-refractivity contribution in [2.45, 2.75) is 32.7 Å². The van der Waals surface area contributed by atoms with E-state index in [1.54, 1.807) is 0 Å². The maximum absolute atomic E-state index is 13.1. The average Bonchev–Trinajstić information content (AvgIpc) is 3.31. The van der Waals surface area contributed by atoms with Crippen LogP contribution in [0, 0.1) is 6.92 Å². The molecule has 0 atom stereocenters. The third-order valence-electron chi connectivity index (χ3n) is 5.38. The van der Waals surface area contributed by atoms with Crippen molar-refractivity contribution in [3.05, 3.63) is 108 Å². The van der Waals surface area contributed by atoms with Crippen LogP contribution in [0.25, 0.3) is 11.4 Å². The first-order valence-corrected chi connectivity index (χ1v) is 10.9. The van der Waals surface area contributed by atoms with Crippen LogP contribution in [0.2, 0.25) is 0 Å². The molecule has 1 aromatic heterocycles. The second kappa shape index (κ2) is 10.5. The summed E-state index contributed by atoms with van der Waals surface area (Å²) in [5, 5.41) is 4.12. The average molecular weight is 426 g/mol. The van der Waals surface area contributed by atoms with Gasteiger partial charge in [-0.2, -0.15) is 4.98 Å². The molecular formula is C27H27N3O2. The molecule has 4 rings (SSSR count). The zero-order valence-electron chi connectivity index (χ0n) is 18.3. The second-order valence-electron chi connectivity index (χ2n) is 7.92. The molecule has 0 aliphatic carbocycles. The lowest BCUT2D eigenvalue weighted by Gasteiger charge is -2.22. The monoisotopic (exact) mass is 425 g/mol. The lowest BCUT2D eigenvalue weighted by Crippen LogP contribution is -2.32. The van der Waals surface area contributed by atoms with Gasteiger partial charge in [0, 0.05) is 31.5 Å². The maximum Gasteiger partial charge on any atom is 0.228 e. The van der Waals surface area contributed by atoms with Gasteiger partial charge in [0.2, 0.25) is 17.6 Å². The van der Waals surface area contributed by atoms with Gasteiger partial charge in [-0.3, -0.25) is 4.79 Å². The van der Waals surface area contributed by atoms with E-state index in [0.717, 1.165) is 23.1 Å². The van der Waals surface area contributed by atoms with E-state index in [1.165, 1.54) is 5.56 Å². The fraction of sp³-hybridized carbons (Fsp3) is 0.222. The van der Waals surface area contributed by atoms with E-state index < -0.39 is 0 Å². The summed E-state index contributed by atoms with van der Waals surface area (Å²) >= 11 is 0. The highest BCUT2D eigenvalue weighted by Gasteiger charge is 2.16. The van der Waals surface area contributed by atoms with Gasteiger partial charge in [0.1, 0.15) is 0 Å². The van der Waals surface area contributed by atoms with Crippen molar-refractivity contribution in [2.75, 3.05) is 6.54 Å². The molecule has 3 aromatic carbocycles. The maximum atomic E-state index is 13.1. The van der Waals surface area contributed by atoms with Crippen molar-refractivity contribution in [3.63, 3.8) is 0 Å². The first-order chi connectivity index (χ1) is 15.7. The number of amides is 1. The SMILES string of the molecule is Cc1cccc(-c2noc(CCN(Cc3ccccc3)C(=O)CCc3ccccc3)n2)c1. The number of carbonyl (C=O) groups is 1. The quantitative estimate of drug-likeness (QED) is 0.368. The molecule has 0 saturated heterocycles. The summed E-state index contributed by atoms with van der Waals surface area (Å²) < 4.78 is 5.47. The molecule has 1 heterocycles. The number of hydrogen-bond acceptors (Lipinski definition) is 4. The van der Waals surface area contributed by atoms with Crippen LogP contribution in [-0.4, -0.2) is 27.5 Å². The molecule has 0 saturated carbocycles. The molecule has 0 radical (unpaired) electrons. The fourth-order valence-electron chi connectivity index (χ4n) is 3.64. The third-order valence-corrected chi connectivity index (χ3v) is 5.38. The van der Waals surface area contributed by atoms with Gasteiger partial charge in [0.05, 0.1) is 0 Å². The van der Waals surface area contributed by atoms with Gasteiger partial charge in [-0.25, -0.2) is 0 Å². The molecule has 0 aliphatic heterocycles. The summed E-state index contributed by atoms with van der Waals surface area (Å²) in [4.78, 5) is 19.5. The highest BCUT2D eigenvalue weighted by molar-refractivity contribution is 5.76. The van der Waals surface area contributed by atoms with Crippen molar-refractivity contribution in [1.82, 2.24) is 15.0 Å². The van der Waals surface area contributed by atoms with Crippen LogP contribution in [-0.2, 0) is 24.2 Å². The normalized spacial score (nSPS) is 10.8. The fourth-order valence-corrected chi connectivity index (χ4v) is 3.64. The second-order valence-corrected chi connectivity index (χ2v) is 7.92. The van der Waals surface area contributed by atoms with Gasteiger partial charge in [-0.1, -0.05) is 89.6 Å². The van der Waals surface area contributed by atoms with E-state index in [9.17, 15) is 4.79 Å². The molecule has 5 heteroatoms. The predicted molar refractivity (Wildman–Crippen MR) is 125 cm³/mol. The number of nitrogens with zero attached hydrogens (tertiary/aromatic N) is 3. The molecule has 0 aliphatic rings. The minimum atomic E-state index is 0.121. The van der Waals surface area contributed by atoms with Crippen LogP contribution in [0.3, 0.4) is 0 Å². The Hall–Kier alpha value is -3.73. The zero-order valence-corrected chi connectivity index (χ0v) is 18.3. The molecule has 4 aromatic rings. The van der Waals surface area contributed by atoms with Crippen LogP contribution < -0.4 is 0 Å². The molecule has 162 valence electrons. The summed E-state index contributed by atoms with van der Waals surface area (Å²) in [6.45, 7) is 3.12. The van der Waals surface area contributed by atoms with Crippen molar-refractivity contribution in [3.8, 4) is 11.4 Å². The van der Waals surface area contributed by atoms with Crippen LogP contribution >= 0.6 is 0 Å². The number of carbonyl (C=O) groups excluding carboxylic acids is 1. The largest absolute Gasteiger partial charge is 0.339 e. The summed E-state index contributed by atoms with van der Waals surface area (Å²) in [6.07, 6.45) is 1.71. The molecule has 0 unspecified atom stereocenters. The van der Waals surface area contributed by atoms with Crippen LogP contribution in [0.5, 0.6) is 0 Å². The first-order valence-electron chi connectivity index (χ1n) is 10.9. The topological polar surface area (TPSA) is 59.2 Å². The smallest absolute Gasteiger partial charge is 0.228 e. The molecule has 0 spiro atoms. The highest BCUT2D eigenvalue weighted by Crippen LogP contribution is 2.18. The number of aryl methyl sites for hydroxylation is 2. The summed E-state index contributed by atoms with van der Waals surface area (Å²) in [5.74, 6) is 1.24. The van der Waals surface area contributed by atoms with Crippen molar-refractivity contribution in [1.29, 1.82) is 0 Å². The number of aromatic nitrogens is 2. The highest BCUT2D eigenvalue weighted by atomic mass is 16.5. The van der Waals surface area contributed by atoms with Gasteiger partial charge >= 0.3 is 0 Å². The Labute approximate surface area is 188 Å². The minimum Gasteiger partial charge on any atom is -0.339 e. The summed E-state index contributed by atoms with van der Waals surface area (Å²) in [7, 11) is 0. The van der Waals surface area contributed by atoms with E-state index in [4.69, 9.17) is 4.52 Å². The number of rotatable bonds is 9. The first kappa shape index (κ1) is 21.5. The van der Waals surface area contributed by atoms with Crippen LogP contribution in [0.4, 0.5) is 0 Å². The van der Waals surface area contributed by atoms with Crippen LogP contribution in [0.1, 0.15) is 29.0 Å². The Morgan fingerprint density at radius 1 is 0.875 bits per heavy atom. The zero-order chi connectivity index (χ0) is 22.2. The Morgan fingerprint density at radius 2 is 1.59 bits per heavy atom. The number of benzene rings is 3. The molecule has 32 heavy (non-hydrogen) atoms. The molecular weight excluding hydrogens is 398 g/mol. The van der Waals surface area contributed by atoms with E-state index in [-0.39, 0.29) is 5.91 Å². The van der Waals surface area contributed by atoms with Gasteiger partial charge in [0.15, 0.2) is 0 Å². The molecule has 1 amide bonds. The van der Waals surface area contributed by atoms with Gasteiger partial charge in [0.25, 0.3) is 0 Å². The van der Waals surface area contributed by atoms with Crippen molar-refractivity contribution in [2.24, 2.45) is 0 Å². The third kappa shape index (κ3) is 5.91. The van der Waals surface area contributed by atoms with Gasteiger partial charge in [-0.15, -0.1) is 0 Å². The number of hydrogen-bond donors (Lipinski definition) is 0. The lowest BCUT2D eigenvalue weighted by molar-refractivity contribution is -0.131. The van der Waals surface area contributed by atoms with E-state index in [1.807, 2.05) is 84.6 Å². The predicted octanol–water partition coefficient (Wildman–Crippen LogP) is 5.25. The standard InChI is InChI=1S/C27H27N3O2/c1-21-9-8-14-24(19-21)27-28-25(32-29-27)17-18-30(20-23-12-6-3-7-13-23)26(31)16-15-22-10-4-2-5-11-22/h2-14,19H,15-18,20H2,1H3. The Balaban J connectivity index is 1.42. The van der Waals surface area contributed by atoms with E-state index in [2.05, 4.69) is 22.3 Å². The summed E-state index contributed by atoms with van der Waals surface area (Å²) in [6, 6.07) is 28.2. The Bertz CT molecular complexity index is 1140. The molecule has 0 fully saturated rings. The molecule has 0 bridgehead atoms. The van der Waals surface area contributed by atoms with Gasteiger partial charge < -0.3 is 9.42 Å². The minimum absolute atomic E-state index is 0.121.